The minimum absolute atomic E-state index is 0.165. The number of nitrogens with one attached hydrogen (secondary N) is 1. The van der Waals surface area contributed by atoms with E-state index in [0.717, 1.165) is 18.8 Å². The van der Waals surface area contributed by atoms with E-state index in [1.807, 2.05) is 11.8 Å². The van der Waals surface area contributed by atoms with Gasteiger partial charge in [0, 0.05) is 30.3 Å². The van der Waals surface area contributed by atoms with Crippen molar-refractivity contribution in [3.05, 3.63) is 12.4 Å². The summed E-state index contributed by atoms with van der Waals surface area (Å²) in [7, 11) is 0. The summed E-state index contributed by atoms with van der Waals surface area (Å²) in [5, 5.41) is 15.7. The average molecular weight is 284 g/mol. The molecule has 1 unspecified atom stereocenters. The third kappa shape index (κ3) is 3.88. The number of urea groups is 1. The summed E-state index contributed by atoms with van der Waals surface area (Å²) in [6, 6.07) is -0.165. The van der Waals surface area contributed by atoms with Crippen LogP contribution in [-0.4, -0.2) is 55.9 Å². The fraction of sp³-hybridized carbons (Fsp3) is 0.545. The zero-order valence-electron chi connectivity index (χ0n) is 10.6. The molecular formula is C11H16N4O3S. The quantitative estimate of drug-likeness (QED) is 0.862. The molecule has 19 heavy (non-hydrogen) atoms. The summed E-state index contributed by atoms with van der Waals surface area (Å²) in [4.78, 5) is 24.3. The molecule has 2 rings (SSSR count). The highest BCUT2D eigenvalue weighted by atomic mass is 32.2. The lowest BCUT2D eigenvalue weighted by Crippen LogP contribution is -2.43. The van der Waals surface area contributed by atoms with Gasteiger partial charge in [-0.1, -0.05) is 6.92 Å². The zero-order chi connectivity index (χ0) is 13.8. The van der Waals surface area contributed by atoms with Gasteiger partial charge in [0.25, 0.3) is 0 Å². The molecule has 8 heteroatoms. The second-order valence-electron chi connectivity index (χ2n) is 4.38. The largest absolute Gasteiger partial charge is 0.480 e. The second kappa shape index (κ2) is 5.96. The number of carboxylic acids is 1. The van der Waals surface area contributed by atoms with E-state index >= 15 is 0 Å². The van der Waals surface area contributed by atoms with Gasteiger partial charge in [-0.05, 0) is 0 Å². The van der Waals surface area contributed by atoms with Gasteiger partial charge in [-0.3, -0.25) is 9.48 Å². The van der Waals surface area contributed by atoms with E-state index in [4.69, 9.17) is 5.11 Å². The Morgan fingerprint density at radius 2 is 2.42 bits per heavy atom. The second-order valence-corrected chi connectivity index (χ2v) is 5.92. The van der Waals surface area contributed by atoms with Crippen LogP contribution in [-0.2, 0) is 11.3 Å². The number of rotatable bonds is 3. The molecule has 0 radical (unpaired) electrons. The number of thioether (sulfide) groups is 1. The Labute approximate surface area is 115 Å². The maximum Gasteiger partial charge on any atom is 0.325 e. The molecule has 2 amide bonds. The van der Waals surface area contributed by atoms with E-state index < -0.39 is 5.97 Å². The van der Waals surface area contributed by atoms with Gasteiger partial charge in [-0.25, -0.2) is 4.79 Å². The molecule has 0 bridgehead atoms. The van der Waals surface area contributed by atoms with Crippen molar-refractivity contribution in [2.75, 3.05) is 24.2 Å². The maximum atomic E-state index is 12.0. The molecule has 0 saturated carbocycles. The lowest BCUT2D eigenvalue weighted by atomic mass is 10.4. The molecule has 104 valence electrons. The SMILES string of the molecule is CC1CN(C(=O)Nc2cnn(CC(=O)O)c2)CCS1. The van der Waals surface area contributed by atoms with E-state index in [-0.39, 0.29) is 12.6 Å². The third-order valence-electron chi connectivity index (χ3n) is 2.71. The van der Waals surface area contributed by atoms with Crippen LogP contribution < -0.4 is 5.32 Å². The van der Waals surface area contributed by atoms with E-state index in [1.54, 1.807) is 4.90 Å². The fourth-order valence-corrected chi connectivity index (χ4v) is 2.87. The normalized spacial score (nSPS) is 19.2. The predicted molar refractivity (Wildman–Crippen MR) is 72.4 cm³/mol. The monoisotopic (exact) mass is 284 g/mol. The predicted octanol–water partition coefficient (Wildman–Crippen LogP) is 0.937. The molecule has 1 fully saturated rings. The van der Waals surface area contributed by atoms with Crippen LogP contribution in [0.5, 0.6) is 0 Å². The Hall–Kier alpha value is -1.70. The summed E-state index contributed by atoms with van der Waals surface area (Å²) >= 11 is 1.85. The van der Waals surface area contributed by atoms with E-state index in [2.05, 4.69) is 17.3 Å². The molecule has 1 aromatic rings. The van der Waals surface area contributed by atoms with Crippen molar-refractivity contribution in [2.24, 2.45) is 0 Å². The lowest BCUT2D eigenvalue weighted by Gasteiger charge is -2.30. The van der Waals surface area contributed by atoms with Crippen molar-refractivity contribution in [1.29, 1.82) is 0 Å². The average Bonchev–Trinajstić information content (AvgIpc) is 2.75. The highest BCUT2D eigenvalue weighted by Gasteiger charge is 2.21. The molecule has 1 aromatic heterocycles. The molecular weight excluding hydrogens is 268 g/mol. The first-order valence-electron chi connectivity index (χ1n) is 5.96. The molecule has 7 nitrogen and oxygen atoms in total. The number of nitrogens with zero attached hydrogens (tertiary/aromatic N) is 3. The van der Waals surface area contributed by atoms with Crippen molar-refractivity contribution in [1.82, 2.24) is 14.7 Å². The standard InChI is InChI=1S/C11H16N4O3S/c1-8-5-14(2-3-19-8)11(18)13-9-4-12-15(6-9)7-10(16)17/h4,6,8H,2-3,5,7H2,1H3,(H,13,18)(H,16,17). The number of carbonyl (C=O) groups excluding carboxylic acids is 1. The molecule has 0 spiro atoms. The molecule has 1 atom stereocenters. The van der Waals surface area contributed by atoms with Crippen molar-refractivity contribution >= 4 is 29.4 Å². The topological polar surface area (TPSA) is 87.5 Å². The van der Waals surface area contributed by atoms with Crippen molar-refractivity contribution in [3.8, 4) is 0 Å². The highest BCUT2D eigenvalue weighted by molar-refractivity contribution is 7.99. The zero-order valence-corrected chi connectivity index (χ0v) is 11.4. The van der Waals surface area contributed by atoms with Crippen LogP contribution in [0.15, 0.2) is 12.4 Å². The minimum atomic E-state index is -0.970. The summed E-state index contributed by atoms with van der Waals surface area (Å²) in [6.45, 7) is 3.33. The first-order chi connectivity index (χ1) is 9.04. The summed E-state index contributed by atoms with van der Waals surface area (Å²) in [5.74, 6) is -0.0322. The number of aromatic nitrogens is 2. The van der Waals surface area contributed by atoms with E-state index in [0.29, 0.717) is 10.9 Å². The maximum absolute atomic E-state index is 12.0. The molecule has 0 aliphatic carbocycles. The highest BCUT2D eigenvalue weighted by Crippen LogP contribution is 2.18. The van der Waals surface area contributed by atoms with Crippen LogP contribution in [0.4, 0.5) is 10.5 Å². The van der Waals surface area contributed by atoms with Crippen LogP contribution in [0, 0.1) is 0 Å². The Bertz CT molecular complexity index is 476. The molecule has 1 aliphatic heterocycles. The molecule has 1 aliphatic rings. The number of hydrogen-bond donors (Lipinski definition) is 2. The van der Waals surface area contributed by atoms with Crippen molar-refractivity contribution < 1.29 is 14.7 Å². The van der Waals surface area contributed by atoms with Crippen LogP contribution in [0.1, 0.15) is 6.92 Å². The fourth-order valence-electron chi connectivity index (χ4n) is 1.86. The first kappa shape index (κ1) is 13.7. The number of hydrogen-bond acceptors (Lipinski definition) is 4. The van der Waals surface area contributed by atoms with E-state index in [9.17, 15) is 9.59 Å². The Morgan fingerprint density at radius 3 is 3.11 bits per heavy atom. The third-order valence-corrected chi connectivity index (χ3v) is 3.85. The molecule has 2 N–H and O–H groups in total. The molecule has 1 saturated heterocycles. The van der Waals surface area contributed by atoms with E-state index in [1.165, 1.54) is 17.1 Å². The van der Waals surface area contributed by atoms with Crippen molar-refractivity contribution in [3.63, 3.8) is 0 Å². The number of carbonyl (C=O) groups is 2. The van der Waals surface area contributed by atoms with Gasteiger partial charge >= 0.3 is 12.0 Å². The molecule has 0 aromatic carbocycles. The van der Waals surface area contributed by atoms with Gasteiger partial charge in [0.1, 0.15) is 6.54 Å². The number of anilines is 1. The van der Waals surface area contributed by atoms with Gasteiger partial charge in [-0.15, -0.1) is 0 Å². The van der Waals surface area contributed by atoms with Gasteiger partial charge in [0.05, 0.1) is 11.9 Å². The summed E-state index contributed by atoms with van der Waals surface area (Å²) < 4.78 is 1.27. The van der Waals surface area contributed by atoms with Gasteiger partial charge in [0.15, 0.2) is 0 Å². The number of aliphatic carboxylic acids is 1. The van der Waals surface area contributed by atoms with Crippen LogP contribution in [0.3, 0.4) is 0 Å². The summed E-state index contributed by atoms with van der Waals surface area (Å²) in [6.07, 6.45) is 2.96. The van der Waals surface area contributed by atoms with Gasteiger partial charge in [-0.2, -0.15) is 16.9 Å². The Morgan fingerprint density at radius 1 is 1.63 bits per heavy atom. The van der Waals surface area contributed by atoms with Crippen molar-refractivity contribution in [2.45, 2.75) is 18.7 Å². The van der Waals surface area contributed by atoms with Crippen LogP contribution in [0.2, 0.25) is 0 Å². The minimum Gasteiger partial charge on any atom is -0.480 e. The molecule has 2 heterocycles. The smallest absolute Gasteiger partial charge is 0.325 e. The Balaban J connectivity index is 1.91. The summed E-state index contributed by atoms with van der Waals surface area (Å²) in [5.41, 5.74) is 0.511. The lowest BCUT2D eigenvalue weighted by molar-refractivity contribution is -0.137. The van der Waals surface area contributed by atoms with Gasteiger partial charge in [0.2, 0.25) is 0 Å². The number of carboxylic acid groups (broad SMARTS) is 1. The Kier molecular flexibility index (Phi) is 4.31. The van der Waals surface area contributed by atoms with Crippen LogP contribution >= 0.6 is 11.8 Å². The van der Waals surface area contributed by atoms with Crippen LogP contribution in [0.25, 0.3) is 0 Å². The number of amides is 2. The van der Waals surface area contributed by atoms with Gasteiger partial charge < -0.3 is 15.3 Å². The first-order valence-corrected chi connectivity index (χ1v) is 7.01.